The highest BCUT2D eigenvalue weighted by atomic mass is 35.5. The molecule has 1 aliphatic heterocycles. The highest BCUT2D eigenvalue weighted by Gasteiger charge is 2.31. The first-order valence-electron chi connectivity index (χ1n) is 9.47. The fraction of sp³-hybridized carbons (Fsp3) is 0.280. The zero-order valence-electron chi connectivity index (χ0n) is 16.5. The van der Waals surface area contributed by atoms with Crippen molar-refractivity contribution < 1.29 is 0 Å². The van der Waals surface area contributed by atoms with Crippen molar-refractivity contribution in [1.82, 2.24) is 0 Å². The number of hydrogen-bond donors (Lipinski definition) is 1. The molecule has 2 aromatic rings. The predicted molar refractivity (Wildman–Crippen MR) is 120 cm³/mol. The first-order valence-corrected chi connectivity index (χ1v) is 9.85. The average Bonchev–Trinajstić information content (AvgIpc) is 2.92. The van der Waals surface area contributed by atoms with Crippen LogP contribution in [0.3, 0.4) is 0 Å². The molecule has 1 N–H and O–H groups in total. The fourth-order valence-electron chi connectivity index (χ4n) is 3.83. The van der Waals surface area contributed by atoms with E-state index in [1.165, 1.54) is 27.8 Å². The summed E-state index contributed by atoms with van der Waals surface area (Å²) in [5, 5.41) is 4.18. The molecular weight excluding hydrogens is 350 g/mol. The molecule has 0 amide bonds. The van der Waals surface area contributed by atoms with Crippen LogP contribution in [-0.4, -0.2) is 0 Å². The van der Waals surface area contributed by atoms with Gasteiger partial charge in [-0.1, -0.05) is 81.1 Å². The van der Waals surface area contributed by atoms with E-state index in [0.29, 0.717) is 5.92 Å². The van der Waals surface area contributed by atoms with Crippen molar-refractivity contribution >= 4 is 22.9 Å². The highest BCUT2D eigenvalue weighted by Crippen LogP contribution is 2.48. The predicted octanol–water partition coefficient (Wildman–Crippen LogP) is 7.71. The summed E-state index contributed by atoms with van der Waals surface area (Å²) in [6.45, 7) is 19.1. The molecule has 2 aromatic carbocycles. The quantitative estimate of drug-likeness (QED) is 0.508. The average molecular weight is 378 g/mol. The minimum atomic E-state index is 0.193. The first-order chi connectivity index (χ1) is 12.8. The van der Waals surface area contributed by atoms with Gasteiger partial charge in [-0.05, 0) is 59.6 Å². The molecule has 1 nitrogen and oxygen atoms in total. The Morgan fingerprint density at radius 3 is 2.37 bits per heavy atom. The Balaban J connectivity index is 1.87. The Morgan fingerprint density at radius 1 is 1.11 bits per heavy atom. The molecule has 0 saturated carbocycles. The summed E-state index contributed by atoms with van der Waals surface area (Å²) in [6.07, 6.45) is 1.75. The second-order valence-electron chi connectivity index (χ2n) is 7.92. The minimum Gasteiger partial charge on any atom is -0.357 e. The van der Waals surface area contributed by atoms with Gasteiger partial charge in [0.05, 0.1) is 10.7 Å². The maximum Gasteiger partial charge on any atom is 0.0644 e. The summed E-state index contributed by atoms with van der Waals surface area (Å²) in [7, 11) is 0. The summed E-state index contributed by atoms with van der Waals surface area (Å²) in [4.78, 5) is 0. The largest absolute Gasteiger partial charge is 0.357 e. The molecule has 27 heavy (non-hydrogen) atoms. The van der Waals surface area contributed by atoms with Crippen LogP contribution in [0.2, 0.25) is 5.02 Å². The van der Waals surface area contributed by atoms with Gasteiger partial charge in [0, 0.05) is 11.6 Å². The lowest BCUT2D eigenvalue weighted by atomic mass is 9.84. The highest BCUT2D eigenvalue weighted by molar-refractivity contribution is 6.33. The van der Waals surface area contributed by atoms with Crippen LogP contribution >= 0.6 is 11.6 Å². The molecule has 2 heteroatoms. The standard InChI is InChI=1S/C25H28ClN/c1-15(2)13-19-7-9-20(10-8-19)17(5)14-22-18(6)27-25-23(26)12-11-21(16(3)4)24(22)25/h7-12,16,22,27H,1,5-6,13-14H2,2-4H3. The van der Waals surface area contributed by atoms with Crippen LogP contribution in [0.1, 0.15) is 61.3 Å². The van der Waals surface area contributed by atoms with Gasteiger partial charge in [0.1, 0.15) is 0 Å². The van der Waals surface area contributed by atoms with E-state index >= 15 is 0 Å². The van der Waals surface area contributed by atoms with Crippen molar-refractivity contribution in [1.29, 1.82) is 0 Å². The molecule has 140 valence electrons. The Bertz CT molecular complexity index is 903. The fourth-order valence-corrected chi connectivity index (χ4v) is 4.05. The molecule has 1 atom stereocenters. The van der Waals surface area contributed by atoms with Crippen LogP contribution in [0.5, 0.6) is 0 Å². The molecule has 0 radical (unpaired) electrons. The monoisotopic (exact) mass is 377 g/mol. The zero-order chi connectivity index (χ0) is 19.7. The van der Waals surface area contributed by atoms with Gasteiger partial charge < -0.3 is 5.32 Å². The topological polar surface area (TPSA) is 12.0 Å². The van der Waals surface area contributed by atoms with E-state index in [4.69, 9.17) is 11.6 Å². The van der Waals surface area contributed by atoms with Gasteiger partial charge in [-0.15, -0.1) is 0 Å². The second-order valence-corrected chi connectivity index (χ2v) is 8.33. The molecule has 0 saturated heterocycles. The van der Waals surface area contributed by atoms with Crippen molar-refractivity contribution in [3.05, 3.63) is 94.7 Å². The van der Waals surface area contributed by atoms with E-state index in [2.05, 4.69) is 76.2 Å². The van der Waals surface area contributed by atoms with Crippen molar-refractivity contribution in [3.63, 3.8) is 0 Å². The third-order valence-electron chi connectivity index (χ3n) is 5.22. The smallest absolute Gasteiger partial charge is 0.0644 e. The molecule has 3 rings (SSSR count). The van der Waals surface area contributed by atoms with Crippen molar-refractivity contribution in [2.24, 2.45) is 0 Å². The Morgan fingerprint density at radius 2 is 1.78 bits per heavy atom. The molecule has 0 bridgehead atoms. The summed E-state index contributed by atoms with van der Waals surface area (Å²) >= 11 is 6.46. The number of anilines is 1. The zero-order valence-corrected chi connectivity index (χ0v) is 17.3. The van der Waals surface area contributed by atoms with Crippen molar-refractivity contribution in [2.75, 3.05) is 5.32 Å². The van der Waals surface area contributed by atoms with Gasteiger partial charge in [-0.25, -0.2) is 0 Å². The number of rotatable bonds is 6. The van der Waals surface area contributed by atoms with E-state index in [9.17, 15) is 0 Å². The summed E-state index contributed by atoms with van der Waals surface area (Å²) in [5.74, 6) is 0.625. The van der Waals surface area contributed by atoms with Gasteiger partial charge in [0.25, 0.3) is 0 Å². The maximum absolute atomic E-state index is 6.46. The van der Waals surface area contributed by atoms with Crippen LogP contribution in [0.25, 0.3) is 5.57 Å². The van der Waals surface area contributed by atoms with Gasteiger partial charge in [0.2, 0.25) is 0 Å². The number of nitrogens with one attached hydrogen (secondary N) is 1. The van der Waals surface area contributed by atoms with Crippen LogP contribution in [0, 0.1) is 0 Å². The van der Waals surface area contributed by atoms with E-state index < -0.39 is 0 Å². The van der Waals surface area contributed by atoms with Gasteiger partial charge in [-0.3, -0.25) is 0 Å². The Kier molecular flexibility index (Phi) is 5.62. The van der Waals surface area contributed by atoms with Crippen LogP contribution in [0.4, 0.5) is 5.69 Å². The van der Waals surface area contributed by atoms with E-state index in [-0.39, 0.29) is 5.92 Å². The number of benzene rings is 2. The normalized spacial score (nSPS) is 15.6. The molecule has 1 heterocycles. The number of halogens is 1. The molecule has 0 aliphatic carbocycles. The SMILES string of the molecule is C=C(C)Cc1ccc(C(=C)CC2C(=C)Nc3c(Cl)ccc(C(C)C)c32)cc1. The Hall–Kier alpha value is -2.25. The lowest BCUT2D eigenvalue weighted by molar-refractivity contribution is 0.798. The summed E-state index contributed by atoms with van der Waals surface area (Å²) in [6, 6.07) is 12.8. The number of fused-ring (bicyclic) bond motifs is 1. The van der Waals surface area contributed by atoms with Gasteiger partial charge in [-0.2, -0.15) is 0 Å². The molecule has 0 fully saturated rings. The van der Waals surface area contributed by atoms with Crippen molar-refractivity contribution in [2.45, 2.75) is 45.4 Å². The van der Waals surface area contributed by atoms with Crippen LogP contribution in [0.15, 0.2) is 67.4 Å². The molecule has 1 aliphatic rings. The molecule has 0 spiro atoms. The third kappa shape index (κ3) is 4.04. The molecular formula is C25H28ClN. The first kappa shape index (κ1) is 19.5. The Labute approximate surface area is 168 Å². The van der Waals surface area contributed by atoms with Gasteiger partial charge in [0.15, 0.2) is 0 Å². The number of allylic oxidation sites excluding steroid dienone is 3. The second kappa shape index (κ2) is 7.78. The van der Waals surface area contributed by atoms with E-state index in [1.807, 2.05) is 6.07 Å². The minimum absolute atomic E-state index is 0.193. The van der Waals surface area contributed by atoms with E-state index in [1.54, 1.807) is 0 Å². The number of hydrogen-bond acceptors (Lipinski definition) is 1. The van der Waals surface area contributed by atoms with Crippen molar-refractivity contribution in [3.8, 4) is 0 Å². The molecule has 1 unspecified atom stereocenters. The maximum atomic E-state index is 6.46. The molecule has 0 aromatic heterocycles. The van der Waals surface area contributed by atoms with Crippen LogP contribution in [-0.2, 0) is 6.42 Å². The van der Waals surface area contributed by atoms with Gasteiger partial charge >= 0.3 is 0 Å². The summed E-state index contributed by atoms with van der Waals surface area (Å²) in [5.41, 5.74) is 9.37. The lowest BCUT2D eigenvalue weighted by Gasteiger charge is -2.19. The third-order valence-corrected chi connectivity index (χ3v) is 5.54. The lowest BCUT2D eigenvalue weighted by Crippen LogP contribution is -2.03. The van der Waals surface area contributed by atoms with Crippen LogP contribution < -0.4 is 5.32 Å². The van der Waals surface area contributed by atoms with E-state index in [0.717, 1.165) is 34.8 Å². The summed E-state index contributed by atoms with van der Waals surface area (Å²) < 4.78 is 0.